The molecule has 0 aliphatic rings. The second-order valence-electron chi connectivity index (χ2n) is 27.7. The van der Waals surface area contributed by atoms with Gasteiger partial charge in [-0.3, -0.25) is 0 Å². The molecule has 0 nitrogen and oxygen atoms in total. The maximum atomic E-state index is 13.9. The summed E-state index contributed by atoms with van der Waals surface area (Å²) in [5.74, 6) is -6.63. The lowest BCUT2D eigenvalue weighted by Crippen LogP contribution is -1.95. The molecule has 16 aromatic rings. The topological polar surface area (TPSA) is 0 Å². The molecule has 0 saturated carbocycles. The Bertz CT molecular complexity index is 5650. The molecule has 0 N–H and O–H groups in total. The van der Waals surface area contributed by atoms with E-state index in [-0.39, 0.29) is 44.0 Å². The van der Waals surface area contributed by atoms with E-state index in [1.165, 1.54) is 248 Å². The van der Waals surface area contributed by atoms with Crippen LogP contribution >= 0.6 is 23.5 Å². The highest BCUT2D eigenvalue weighted by Gasteiger charge is 2.20. The summed E-state index contributed by atoms with van der Waals surface area (Å²) in [5, 5.41) is 22.5. The summed E-state index contributed by atoms with van der Waals surface area (Å²) in [7, 11) is 0. The molecule has 0 aromatic heterocycles. The van der Waals surface area contributed by atoms with Crippen molar-refractivity contribution in [2.75, 3.05) is 11.5 Å². The van der Waals surface area contributed by atoms with Gasteiger partial charge in [0.1, 0.15) is 11.6 Å². The number of rotatable bonds is 20. The highest BCUT2D eigenvalue weighted by molar-refractivity contribution is 7.99. The van der Waals surface area contributed by atoms with E-state index in [4.69, 9.17) is 0 Å². The zero-order valence-corrected chi connectivity index (χ0v) is 61.0. The molecule has 0 amide bonds. The second-order valence-corrected chi connectivity index (χ2v) is 30.0. The zero-order valence-electron chi connectivity index (χ0n) is 59.4. The van der Waals surface area contributed by atoms with Crippen molar-refractivity contribution in [2.45, 2.75) is 140 Å². The van der Waals surface area contributed by atoms with Crippen molar-refractivity contribution in [3.05, 3.63) is 276 Å². The molecule has 528 valence electrons. The first-order valence-corrected chi connectivity index (χ1v) is 38.8. The molecule has 0 heterocycles. The molecule has 10 heteroatoms. The number of unbranched alkanes of at least 4 members (excludes halogenated alkanes) is 14. The lowest BCUT2D eigenvalue weighted by Gasteiger charge is -2.10. The Kier molecular flexibility index (Phi) is 23.7. The maximum absolute atomic E-state index is 13.9. The van der Waals surface area contributed by atoms with Crippen LogP contribution < -0.4 is 0 Å². The molecule has 0 unspecified atom stereocenters. The fraction of sp³-hybridized carbons (Fsp3) is 0.234. The lowest BCUT2D eigenvalue weighted by molar-refractivity contribution is 0.453. The summed E-state index contributed by atoms with van der Waals surface area (Å²) >= 11 is 4.03. The van der Waals surface area contributed by atoms with Crippen LogP contribution in [0.2, 0.25) is 0 Å². The van der Waals surface area contributed by atoms with Gasteiger partial charge in [0.25, 0.3) is 0 Å². The SMILES string of the molecule is CCCCCCCCCCCCSc1ccc2c(ccc3c4ccc(C)cc4ccc23)c1.CCCCCCCCSc1ccc2c(ccc3c4ccc(C)cc4ccc23)c1.Fc1cc2c(ccc3c4cc(F)c(F)c(F)c4ccc23)c(F)c1F.Fc1ccc2c(ccc3c4ccc(F)cc4ccc23)c1. The minimum Gasteiger partial charge on any atom is -0.207 e. The predicted octanol–water partition coefficient (Wildman–Crippen LogP) is 30.8. The van der Waals surface area contributed by atoms with Gasteiger partial charge in [0.15, 0.2) is 34.9 Å². The van der Waals surface area contributed by atoms with Crippen molar-refractivity contribution in [3.63, 3.8) is 0 Å². The summed E-state index contributed by atoms with van der Waals surface area (Å²) in [6.07, 6.45) is 22.3. The third-order valence-electron chi connectivity index (χ3n) is 20.3. The number of hydrogen-bond acceptors (Lipinski definition) is 2. The van der Waals surface area contributed by atoms with Crippen LogP contribution in [-0.2, 0) is 0 Å². The van der Waals surface area contributed by atoms with Crippen LogP contribution in [0.4, 0.5) is 35.1 Å². The summed E-state index contributed by atoms with van der Waals surface area (Å²) in [6.45, 7) is 8.90. The predicted molar refractivity (Wildman–Crippen MR) is 432 cm³/mol. The van der Waals surface area contributed by atoms with E-state index >= 15 is 0 Å². The molecule has 0 fully saturated rings. The minimum absolute atomic E-state index is 0.0518. The molecule has 0 radical (unpaired) electrons. The molecule has 0 aliphatic carbocycles. The Labute approximate surface area is 611 Å². The van der Waals surface area contributed by atoms with Crippen molar-refractivity contribution >= 4 is 153 Å². The van der Waals surface area contributed by atoms with Crippen LogP contribution in [0.5, 0.6) is 0 Å². The van der Waals surface area contributed by atoms with Crippen LogP contribution in [-0.4, -0.2) is 11.5 Å². The molecule has 0 aliphatic heterocycles. The van der Waals surface area contributed by atoms with E-state index in [0.717, 1.165) is 44.5 Å². The lowest BCUT2D eigenvalue weighted by atomic mass is 9.96. The van der Waals surface area contributed by atoms with Crippen molar-refractivity contribution in [1.29, 1.82) is 0 Å². The molecular formula is C94H84F8S2. The first-order valence-electron chi connectivity index (χ1n) is 36.8. The van der Waals surface area contributed by atoms with Gasteiger partial charge in [-0.2, -0.15) is 0 Å². The minimum atomic E-state index is -1.60. The standard InChI is InChI=1S/C31H38S.C27H30S.C18H6F6.C18H10F2/c1-3-4-5-6-7-8-9-10-11-12-21-32-27-16-20-29-26(23-27)15-19-30-28-17-13-24(2)22-25(28)14-18-31(29)30;1-3-4-5-6-7-8-17-28-23-12-16-25-22(19-23)11-15-26-24-13-9-20(2)18-21(24)10-14-27(25)26;19-13-5-11-7-1-3-9-12(6-14(20)17(23)15(9)21)8(7)2-4-10(11)16(22)18(13)24;19-13-3-7-15-11(9-13)1-5-17-16-8-4-14(20)10-12(16)2-6-18(15)17/h13-20,22-23H,3-12,21H2,1-2H3;9-16,18-19H,3-8,17H2,1-2H3;1-6H;1-10H. The molecule has 0 spiro atoms. The van der Waals surface area contributed by atoms with Gasteiger partial charge in [-0.15, -0.1) is 23.5 Å². The van der Waals surface area contributed by atoms with Gasteiger partial charge in [-0.05, 0) is 217 Å². The van der Waals surface area contributed by atoms with E-state index < -0.39 is 34.9 Å². The van der Waals surface area contributed by atoms with E-state index in [2.05, 4.69) is 149 Å². The Morgan fingerprint density at radius 3 is 0.798 bits per heavy atom. The fourth-order valence-corrected chi connectivity index (χ4v) is 16.7. The molecule has 0 bridgehead atoms. The highest BCUT2D eigenvalue weighted by atomic mass is 32.2. The normalized spacial score (nSPS) is 11.7. The Balaban J connectivity index is 0.000000125. The van der Waals surface area contributed by atoms with E-state index in [1.54, 1.807) is 12.1 Å². The van der Waals surface area contributed by atoms with Gasteiger partial charge in [0.2, 0.25) is 0 Å². The third kappa shape index (κ3) is 16.3. The van der Waals surface area contributed by atoms with Crippen molar-refractivity contribution in [3.8, 4) is 0 Å². The maximum Gasteiger partial charge on any atom is 0.195 e. The molecule has 104 heavy (non-hydrogen) atoms. The summed E-state index contributed by atoms with van der Waals surface area (Å²) < 4.78 is 108. The Morgan fingerprint density at radius 1 is 0.212 bits per heavy atom. The first-order chi connectivity index (χ1) is 50.6. The smallest absolute Gasteiger partial charge is 0.195 e. The molecule has 0 saturated heterocycles. The van der Waals surface area contributed by atoms with Crippen LogP contribution in [0.3, 0.4) is 0 Å². The monoisotopic (exact) mass is 1430 g/mol. The summed E-state index contributed by atoms with van der Waals surface area (Å²) in [5.41, 5.74) is 2.64. The molecule has 16 aromatic carbocycles. The van der Waals surface area contributed by atoms with E-state index in [1.807, 2.05) is 47.8 Å². The Morgan fingerprint density at radius 2 is 0.462 bits per heavy atom. The van der Waals surface area contributed by atoms with Gasteiger partial charge in [-0.25, -0.2) is 35.1 Å². The van der Waals surface area contributed by atoms with Crippen LogP contribution in [0.1, 0.15) is 128 Å². The van der Waals surface area contributed by atoms with Gasteiger partial charge < -0.3 is 0 Å². The van der Waals surface area contributed by atoms with Crippen LogP contribution in [0.25, 0.3) is 129 Å². The number of aryl methyl sites for hydroxylation is 2. The number of hydrogen-bond donors (Lipinski definition) is 0. The third-order valence-corrected chi connectivity index (χ3v) is 22.5. The van der Waals surface area contributed by atoms with E-state index in [0.29, 0.717) is 0 Å². The quantitative estimate of drug-likeness (QED) is 0.0245. The van der Waals surface area contributed by atoms with Gasteiger partial charge in [-0.1, -0.05) is 273 Å². The highest BCUT2D eigenvalue weighted by Crippen LogP contribution is 2.40. The van der Waals surface area contributed by atoms with E-state index in [9.17, 15) is 35.1 Å². The molecule has 0 atom stereocenters. The molecular weight excluding hydrogens is 1350 g/mol. The first kappa shape index (κ1) is 73.1. The number of fused-ring (bicyclic) bond motifs is 20. The zero-order chi connectivity index (χ0) is 72.4. The average Bonchev–Trinajstić information content (AvgIpc) is 0.853. The summed E-state index contributed by atoms with van der Waals surface area (Å²) in [6, 6.07) is 70.0. The van der Waals surface area contributed by atoms with Crippen LogP contribution in [0, 0.1) is 60.4 Å². The largest absolute Gasteiger partial charge is 0.207 e. The Hall–Kier alpha value is -9.22. The molecule has 16 rings (SSSR count). The second kappa shape index (κ2) is 33.7. The number of benzene rings is 16. The van der Waals surface area contributed by atoms with Crippen molar-refractivity contribution < 1.29 is 35.1 Å². The summed E-state index contributed by atoms with van der Waals surface area (Å²) in [4.78, 5) is 2.81. The van der Waals surface area contributed by atoms with Gasteiger partial charge >= 0.3 is 0 Å². The van der Waals surface area contributed by atoms with Gasteiger partial charge in [0, 0.05) is 20.6 Å². The van der Waals surface area contributed by atoms with Gasteiger partial charge in [0.05, 0.1) is 0 Å². The van der Waals surface area contributed by atoms with Crippen LogP contribution in [0.15, 0.2) is 228 Å². The van der Waals surface area contributed by atoms with Crippen molar-refractivity contribution in [1.82, 2.24) is 0 Å². The number of thioether (sulfide) groups is 2. The fourth-order valence-electron chi connectivity index (χ4n) is 14.8. The number of halogens is 8. The van der Waals surface area contributed by atoms with Crippen molar-refractivity contribution in [2.24, 2.45) is 0 Å². The average molecular weight is 1430 g/mol.